The number of nitrogens with two attached hydrogens (primary N) is 1. The maximum atomic E-state index is 10.2. The van der Waals surface area contributed by atoms with Crippen molar-refractivity contribution in [2.24, 2.45) is 5.73 Å². The Morgan fingerprint density at radius 1 is 0.875 bits per heavy atom. The van der Waals surface area contributed by atoms with Crippen molar-refractivity contribution in [3.63, 3.8) is 0 Å². The highest BCUT2D eigenvalue weighted by Gasteiger charge is 2.44. The Morgan fingerprint density at radius 3 is 2.00 bits per heavy atom. The quantitative estimate of drug-likeness (QED) is 0.134. The molecule has 1 aliphatic rings. The standard InChI is InChI=1S/C24H47NO7/c1-2-3-4-5-6-7-8-9-10-11-12-13-14-15-19(27)18(25)17-31-24-23(30)22(29)21(28)20(16-26)32-24/h14-15,18-24,26-30H,2-13,16-17,25H2,1H3/b15-14+/t18-,19+,20-,21+,22+,23+,24-/m1/s1. The van der Waals surface area contributed by atoms with E-state index in [0.717, 1.165) is 12.8 Å². The molecule has 0 amide bonds. The van der Waals surface area contributed by atoms with E-state index in [2.05, 4.69) is 6.92 Å². The molecular weight excluding hydrogens is 414 g/mol. The lowest BCUT2D eigenvalue weighted by molar-refractivity contribution is -0.302. The van der Waals surface area contributed by atoms with Crippen LogP contribution in [-0.2, 0) is 9.47 Å². The molecule has 1 aliphatic heterocycles. The zero-order valence-corrected chi connectivity index (χ0v) is 19.7. The highest BCUT2D eigenvalue weighted by molar-refractivity contribution is 4.94. The minimum absolute atomic E-state index is 0.118. The van der Waals surface area contributed by atoms with Crippen LogP contribution in [0.25, 0.3) is 0 Å². The summed E-state index contributed by atoms with van der Waals surface area (Å²) in [5.41, 5.74) is 5.93. The van der Waals surface area contributed by atoms with Crippen molar-refractivity contribution in [2.45, 2.75) is 127 Å². The minimum Gasteiger partial charge on any atom is -0.394 e. The first-order valence-corrected chi connectivity index (χ1v) is 12.4. The average molecular weight is 462 g/mol. The van der Waals surface area contributed by atoms with E-state index in [-0.39, 0.29) is 6.61 Å². The lowest BCUT2D eigenvalue weighted by Gasteiger charge is -2.39. The summed E-state index contributed by atoms with van der Waals surface area (Å²) in [6, 6.07) is -0.740. The van der Waals surface area contributed by atoms with E-state index < -0.39 is 49.5 Å². The molecule has 32 heavy (non-hydrogen) atoms. The number of unbranched alkanes of at least 4 members (excludes halogenated alkanes) is 11. The molecule has 1 fully saturated rings. The van der Waals surface area contributed by atoms with Crippen molar-refractivity contribution >= 4 is 0 Å². The Morgan fingerprint density at radius 2 is 1.44 bits per heavy atom. The fraction of sp³-hybridized carbons (Fsp3) is 0.917. The molecule has 1 saturated heterocycles. The van der Waals surface area contributed by atoms with Crippen molar-refractivity contribution in [3.05, 3.63) is 12.2 Å². The second-order valence-electron chi connectivity index (χ2n) is 8.94. The van der Waals surface area contributed by atoms with Crippen LogP contribution >= 0.6 is 0 Å². The molecule has 1 rings (SSSR count). The number of aliphatic hydroxyl groups excluding tert-OH is 5. The number of rotatable bonds is 18. The molecule has 8 heteroatoms. The van der Waals surface area contributed by atoms with Crippen LogP contribution < -0.4 is 5.73 Å². The van der Waals surface area contributed by atoms with Crippen LogP contribution in [0.5, 0.6) is 0 Å². The van der Waals surface area contributed by atoms with E-state index in [0.29, 0.717) is 0 Å². The van der Waals surface area contributed by atoms with Gasteiger partial charge in [-0.2, -0.15) is 0 Å². The number of allylic oxidation sites excluding steroid dienone is 1. The van der Waals surface area contributed by atoms with Gasteiger partial charge in [0.2, 0.25) is 0 Å². The Bertz CT molecular complexity index is 477. The van der Waals surface area contributed by atoms with Gasteiger partial charge in [-0.05, 0) is 12.8 Å². The molecule has 0 aliphatic carbocycles. The summed E-state index contributed by atoms with van der Waals surface area (Å²) in [6.45, 7) is 1.60. The molecular formula is C24H47NO7. The summed E-state index contributed by atoms with van der Waals surface area (Å²) < 4.78 is 10.6. The Labute approximate surface area is 193 Å². The summed E-state index contributed by atoms with van der Waals surface area (Å²) in [4.78, 5) is 0. The SMILES string of the molecule is CCCCCCCCCCCCC/C=C/[C@H](O)[C@H](N)CO[C@@H]1O[C@H](CO)[C@H](O)[C@H](O)[C@@H]1O. The van der Waals surface area contributed by atoms with Gasteiger partial charge in [-0.25, -0.2) is 0 Å². The molecule has 0 aromatic rings. The van der Waals surface area contributed by atoms with Gasteiger partial charge in [-0.1, -0.05) is 83.3 Å². The molecule has 7 N–H and O–H groups in total. The van der Waals surface area contributed by atoms with Crippen LogP contribution in [0.15, 0.2) is 12.2 Å². The predicted molar refractivity (Wildman–Crippen MR) is 124 cm³/mol. The summed E-state index contributed by atoms with van der Waals surface area (Å²) in [7, 11) is 0. The zero-order valence-electron chi connectivity index (χ0n) is 19.7. The molecule has 8 nitrogen and oxygen atoms in total. The Balaban J connectivity index is 2.10. The van der Waals surface area contributed by atoms with Crippen molar-refractivity contribution in [1.29, 1.82) is 0 Å². The van der Waals surface area contributed by atoms with Gasteiger partial charge in [0.1, 0.15) is 24.4 Å². The number of hydrogen-bond donors (Lipinski definition) is 6. The molecule has 0 unspecified atom stereocenters. The molecule has 0 aromatic carbocycles. The predicted octanol–water partition coefficient (Wildman–Crippen LogP) is 1.75. The van der Waals surface area contributed by atoms with Crippen molar-refractivity contribution in [3.8, 4) is 0 Å². The van der Waals surface area contributed by atoms with Gasteiger partial charge in [0.25, 0.3) is 0 Å². The van der Waals surface area contributed by atoms with Gasteiger partial charge in [-0.15, -0.1) is 0 Å². The van der Waals surface area contributed by atoms with Gasteiger partial charge >= 0.3 is 0 Å². The Hall–Kier alpha value is -0.580. The molecule has 7 atom stereocenters. The van der Waals surface area contributed by atoms with E-state index in [1.165, 1.54) is 64.2 Å². The first-order valence-electron chi connectivity index (χ1n) is 12.4. The minimum atomic E-state index is -1.50. The lowest BCUT2D eigenvalue weighted by Crippen LogP contribution is -2.59. The van der Waals surface area contributed by atoms with Gasteiger partial charge in [0.05, 0.1) is 25.4 Å². The summed E-state index contributed by atoms with van der Waals surface area (Å²) in [5.74, 6) is 0. The zero-order chi connectivity index (χ0) is 23.8. The van der Waals surface area contributed by atoms with Crippen LogP contribution in [-0.4, -0.2) is 81.6 Å². The van der Waals surface area contributed by atoms with Gasteiger partial charge in [-0.3, -0.25) is 0 Å². The van der Waals surface area contributed by atoms with E-state index in [4.69, 9.17) is 15.2 Å². The third-order valence-electron chi connectivity index (χ3n) is 6.05. The number of ether oxygens (including phenoxy) is 2. The van der Waals surface area contributed by atoms with Crippen LogP contribution in [0.4, 0.5) is 0 Å². The largest absolute Gasteiger partial charge is 0.394 e. The van der Waals surface area contributed by atoms with E-state index in [9.17, 15) is 25.5 Å². The second kappa shape index (κ2) is 17.8. The van der Waals surface area contributed by atoms with Crippen molar-refractivity contribution in [1.82, 2.24) is 0 Å². The molecule has 0 radical (unpaired) electrons. The van der Waals surface area contributed by atoms with Crippen LogP contribution in [0.1, 0.15) is 84.0 Å². The third-order valence-corrected chi connectivity index (χ3v) is 6.05. The molecule has 0 bridgehead atoms. The fourth-order valence-electron chi connectivity index (χ4n) is 3.81. The maximum Gasteiger partial charge on any atom is 0.186 e. The molecule has 0 aromatic heterocycles. The molecule has 1 heterocycles. The molecule has 0 spiro atoms. The fourth-order valence-corrected chi connectivity index (χ4v) is 3.81. The van der Waals surface area contributed by atoms with Gasteiger partial charge < -0.3 is 40.7 Å². The van der Waals surface area contributed by atoms with E-state index in [1.54, 1.807) is 6.08 Å². The normalized spacial score (nSPS) is 28.3. The second-order valence-corrected chi connectivity index (χ2v) is 8.94. The highest BCUT2D eigenvalue weighted by atomic mass is 16.7. The number of aliphatic hydroxyl groups is 5. The van der Waals surface area contributed by atoms with Gasteiger partial charge in [0.15, 0.2) is 6.29 Å². The van der Waals surface area contributed by atoms with Crippen LogP contribution in [0, 0.1) is 0 Å². The first-order chi connectivity index (χ1) is 15.4. The van der Waals surface area contributed by atoms with Crippen LogP contribution in [0.3, 0.4) is 0 Å². The highest BCUT2D eigenvalue weighted by Crippen LogP contribution is 2.22. The van der Waals surface area contributed by atoms with Crippen molar-refractivity contribution < 1.29 is 35.0 Å². The van der Waals surface area contributed by atoms with E-state index >= 15 is 0 Å². The topological polar surface area (TPSA) is 146 Å². The summed E-state index contributed by atoms with van der Waals surface area (Å²) in [6.07, 6.45) is 11.1. The molecule has 0 saturated carbocycles. The smallest absolute Gasteiger partial charge is 0.186 e. The lowest BCUT2D eigenvalue weighted by atomic mass is 9.99. The van der Waals surface area contributed by atoms with Gasteiger partial charge in [0, 0.05) is 0 Å². The maximum absolute atomic E-state index is 10.2. The molecule has 190 valence electrons. The Kier molecular flexibility index (Phi) is 16.4. The van der Waals surface area contributed by atoms with E-state index in [1.807, 2.05) is 6.08 Å². The van der Waals surface area contributed by atoms with Crippen molar-refractivity contribution in [2.75, 3.05) is 13.2 Å². The first kappa shape index (κ1) is 29.5. The monoisotopic (exact) mass is 461 g/mol. The summed E-state index contributed by atoms with van der Waals surface area (Å²) >= 11 is 0. The summed E-state index contributed by atoms with van der Waals surface area (Å²) in [5, 5.41) is 48.8. The number of hydrogen-bond acceptors (Lipinski definition) is 8. The van der Waals surface area contributed by atoms with Crippen LogP contribution in [0.2, 0.25) is 0 Å². The average Bonchev–Trinajstić information content (AvgIpc) is 2.79. The third kappa shape index (κ3) is 11.5.